The van der Waals surface area contributed by atoms with Gasteiger partial charge in [-0.3, -0.25) is 14.5 Å². The van der Waals surface area contributed by atoms with E-state index in [2.05, 4.69) is 5.32 Å². The number of fused-ring (bicyclic) bond motifs is 1. The predicted molar refractivity (Wildman–Crippen MR) is 84.2 cm³/mol. The van der Waals surface area contributed by atoms with E-state index in [4.69, 9.17) is 5.11 Å². The van der Waals surface area contributed by atoms with Gasteiger partial charge in [0.1, 0.15) is 5.70 Å². The van der Waals surface area contributed by atoms with Crippen LogP contribution in [0.1, 0.15) is 5.56 Å². The molecule has 0 saturated heterocycles. The Kier molecular flexibility index (Phi) is 3.65. The van der Waals surface area contributed by atoms with Gasteiger partial charge < -0.3 is 10.4 Å². The van der Waals surface area contributed by atoms with E-state index in [9.17, 15) is 9.59 Å². The number of hydrogen-bond donors (Lipinski definition) is 2. The first-order valence-corrected chi connectivity index (χ1v) is 7.05. The Hall–Kier alpha value is -2.66. The van der Waals surface area contributed by atoms with Gasteiger partial charge in [0.25, 0.3) is 11.8 Å². The van der Waals surface area contributed by atoms with Gasteiger partial charge in [-0.05, 0) is 23.9 Å². The van der Waals surface area contributed by atoms with Crippen LogP contribution in [0.4, 0.5) is 5.69 Å². The lowest BCUT2D eigenvalue weighted by Crippen LogP contribution is -2.34. The second kappa shape index (κ2) is 5.61. The van der Waals surface area contributed by atoms with Gasteiger partial charge in [-0.15, -0.1) is 0 Å². The highest BCUT2D eigenvalue weighted by molar-refractivity contribution is 6.18. The van der Waals surface area contributed by atoms with Gasteiger partial charge in [0.15, 0.2) is 0 Å². The Morgan fingerprint density at radius 1 is 1.09 bits per heavy atom. The van der Waals surface area contributed by atoms with Gasteiger partial charge >= 0.3 is 0 Å². The van der Waals surface area contributed by atoms with Crippen LogP contribution in [0.2, 0.25) is 0 Å². The van der Waals surface area contributed by atoms with E-state index in [1.54, 1.807) is 0 Å². The molecule has 0 spiro atoms. The number of aliphatic hydroxyl groups excluding tert-OH is 1. The molecule has 1 aliphatic rings. The first-order valence-electron chi connectivity index (χ1n) is 7.05. The molecule has 3 rings (SSSR count). The molecule has 5 heteroatoms. The molecule has 5 nitrogen and oxygen atoms in total. The predicted octanol–water partition coefficient (Wildman–Crippen LogP) is 1.81. The molecule has 0 bridgehead atoms. The maximum Gasteiger partial charge on any atom is 0.277 e. The molecule has 0 atom stereocenters. The molecular weight excluding hydrogens is 280 g/mol. The smallest absolute Gasteiger partial charge is 0.277 e. The van der Waals surface area contributed by atoms with Crippen molar-refractivity contribution in [2.75, 3.05) is 18.5 Å². The Morgan fingerprint density at radius 3 is 2.55 bits per heavy atom. The SMILES string of the molecule is Cc1ccc(NC2=CC(=O)N(CCO)C2=O)c2ccccc12. The number of nitrogens with one attached hydrogen (secondary N) is 1. The number of amides is 2. The van der Waals surface area contributed by atoms with E-state index in [0.717, 1.165) is 26.9 Å². The van der Waals surface area contributed by atoms with Crippen LogP contribution < -0.4 is 5.32 Å². The Balaban J connectivity index is 1.95. The number of imide groups is 1. The van der Waals surface area contributed by atoms with Gasteiger partial charge in [0, 0.05) is 17.1 Å². The fourth-order valence-corrected chi connectivity index (χ4v) is 2.61. The second-order valence-corrected chi connectivity index (χ2v) is 5.18. The highest BCUT2D eigenvalue weighted by Gasteiger charge is 2.30. The van der Waals surface area contributed by atoms with E-state index in [0.29, 0.717) is 0 Å². The Morgan fingerprint density at radius 2 is 1.82 bits per heavy atom. The number of aliphatic hydroxyl groups is 1. The quantitative estimate of drug-likeness (QED) is 0.844. The van der Waals surface area contributed by atoms with Crippen molar-refractivity contribution in [3.05, 3.63) is 53.7 Å². The number of hydrogen-bond acceptors (Lipinski definition) is 4. The molecule has 0 aromatic heterocycles. The fourth-order valence-electron chi connectivity index (χ4n) is 2.61. The van der Waals surface area contributed by atoms with Gasteiger partial charge in [-0.25, -0.2) is 0 Å². The number of aryl methyl sites for hydroxylation is 1. The molecule has 2 aromatic carbocycles. The van der Waals surface area contributed by atoms with Crippen molar-refractivity contribution >= 4 is 28.3 Å². The number of carbonyl (C=O) groups is 2. The summed E-state index contributed by atoms with van der Waals surface area (Å²) in [4.78, 5) is 25.0. The standard InChI is InChI=1S/C17H16N2O3/c1-11-6-7-14(13-5-3-2-4-12(11)13)18-15-10-16(21)19(8-9-20)17(15)22/h2-7,10,18,20H,8-9H2,1H3. The van der Waals surface area contributed by atoms with Crippen LogP contribution in [0.3, 0.4) is 0 Å². The summed E-state index contributed by atoms with van der Waals surface area (Å²) in [6, 6.07) is 11.7. The molecule has 2 amide bonds. The lowest BCUT2D eigenvalue weighted by molar-refractivity contribution is -0.137. The highest BCUT2D eigenvalue weighted by atomic mass is 16.3. The summed E-state index contributed by atoms with van der Waals surface area (Å²) in [6.07, 6.45) is 1.27. The van der Waals surface area contributed by atoms with Crippen molar-refractivity contribution in [2.45, 2.75) is 6.92 Å². The molecule has 0 unspecified atom stereocenters. The lowest BCUT2D eigenvalue weighted by atomic mass is 10.0. The van der Waals surface area contributed by atoms with Gasteiger partial charge in [0.05, 0.1) is 13.2 Å². The third kappa shape index (κ3) is 2.35. The van der Waals surface area contributed by atoms with E-state index in [-0.39, 0.29) is 18.8 Å². The van der Waals surface area contributed by atoms with Gasteiger partial charge in [0.2, 0.25) is 0 Å². The fraction of sp³-hybridized carbons (Fsp3) is 0.176. The molecule has 2 aromatic rings. The van der Waals surface area contributed by atoms with Crippen molar-refractivity contribution in [3.63, 3.8) is 0 Å². The van der Waals surface area contributed by atoms with E-state index < -0.39 is 11.8 Å². The highest BCUT2D eigenvalue weighted by Crippen LogP contribution is 2.28. The third-order valence-corrected chi connectivity index (χ3v) is 3.74. The molecule has 0 aliphatic carbocycles. The lowest BCUT2D eigenvalue weighted by Gasteiger charge is -2.14. The minimum atomic E-state index is -0.413. The summed E-state index contributed by atoms with van der Waals surface area (Å²) in [6.45, 7) is 1.79. The van der Waals surface area contributed by atoms with E-state index in [1.165, 1.54) is 6.08 Å². The molecule has 1 heterocycles. The molecule has 0 radical (unpaired) electrons. The van der Waals surface area contributed by atoms with Crippen LogP contribution in [-0.2, 0) is 9.59 Å². The number of benzene rings is 2. The molecule has 22 heavy (non-hydrogen) atoms. The van der Waals surface area contributed by atoms with Crippen LogP contribution >= 0.6 is 0 Å². The summed E-state index contributed by atoms with van der Waals surface area (Å²) in [7, 11) is 0. The Labute approximate surface area is 127 Å². The van der Waals surface area contributed by atoms with Crippen LogP contribution in [-0.4, -0.2) is 35.0 Å². The van der Waals surface area contributed by atoms with E-state index >= 15 is 0 Å². The maximum absolute atomic E-state index is 12.2. The maximum atomic E-state index is 12.2. The van der Waals surface area contributed by atoms with Crippen molar-refractivity contribution < 1.29 is 14.7 Å². The van der Waals surface area contributed by atoms with Crippen molar-refractivity contribution in [1.29, 1.82) is 0 Å². The van der Waals surface area contributed by atoms with Crippen molar-refractivity contribution in [2.24, 2.45) is 0 Å². The average Bonchev–Trinajstić information content (AvgIpc) is 2.78. The average molecular weight is 296 g/mol. The molecule has 112 valence electrons. The molecule has 1 aliphatic heterocycles. The third-order valence-electron chi connectivity index (χ3n) is 3.74. The Bertz CT molecular complexity index is 796. The van der Waals surface area contributed by atoms with Crippen LogP contribution in [0.25, 0.3) is 10.8 Å². The number of rotatable bonds is 4. The number of nitrogens with zero attached hydrogens (tertiary/aromatic N) is 1. The van der Waals surface area contributed by atoms with Crippen LogP contribution in [0, 0.1) is 6.92 Å². The molecule has 2 N–H and O–H groups in total. The summed E-state index contributed by atoms with van der Waals surface area (Å²) >= 11 is 0. The summed E-state index contributed by atoms with van der Waals surface area (Å²) in [5.74, 6) is -0.818. The zero-order valence-corrected chi connectivity index (χ0v) is 12.2. The summed E-state index contributed by atoms with van der Waals surface area (Å²) < 4.78 is 0. The first-order chi connectivity index (χ1) is 10.6. The number of anilines is 1. The number of carbonyl (C=O) groups excluding carboxylic acids is 2. The van der Waals surface area contributed by atoms with Crippen LogP contribution in [0.5, 0.6) is 0 Å². The first kappa shape index (κ1) is 14.3. The molecule has 0 saturated carbocycles. The number of β-amino-alcohol motifs (C(OH)–C–C–N with tert-alkyl or cyclic N) is 1. The van der Waals surface area contributed by atoms with E-state index in [1.807, 2.05) is 43.3 Å². The van der Waals surface area contributed by atoms with Gasteiger partial charge in [-0.1, -0.05) is 30.3 Å². The van der Waals surface area contributed by atoms with Crippen molar-refractivity contribution in [3.8, 4) is 0 Å². The molecular formula is C17H16N2O3. The largest absolute Gasteiger partial charge is 0.395 e. The monoisotopic (exact) mass is 296 g/mol. The summed E-state index contributed by atoms with van der Waals surface area (Å²) in [5, 5.41) is 14.1. The normalized spacial score (nSPS) is 14.6. The second-order valence-electron chi connectivity index (χ2n) is 5.18. The zero-order chi connectivity index (χ0) is 15.7. The molecule has 0 fully saturated rings. The zero-order valence-electron chi connectivity index (χ0n) is 12.2. The topological polar surface area (TPSA) is 69.6 Å². The summed E-state index contributed by atoms with van der Waals surface area (Å²) in [5.41, 5.74) is 2.15. The van der Waals surface area contributed by atoms with Crippen LogP contribution in [0.15, 0.2) is 48.2 Å². The van der Waals surface area contributed by atoms with Gasteiger partial charge in [-0.2, -0.15) is 0 Å². The minimum Gasteiger partial charge on any atom is -0.395 e. The minimum absolute atomic E-state index is 0.00793. The van der Waals surface area contributed by atoms with Crippen molar-refractivity contribution in [1.82, 2.24) is 4.90 Å².